The van der Waals surface area contributed by atoms with Crippen molar-refractivity contribution in [1.29, 1.82) is 0 Å². The molecule has 0 aliphatic rings. The summed E-state index contributed by atoms with van der Waals surface area (Å²) in [7, 11) is 0. The van der Waals surface area contributed by atoms with Gasteiger partial charge in [-0.05, 0) is 6.92 Å². The zero-order valence-electron chi connectivity index (χ0n) is 15.3. The molecule has 0 aromatic carbocycles. The van der Waals surface area contributed by atoms with E-state index in [0.29, 0.717) is 72.6 Å². The first-order chi connectivity index (χ1) is 12.2. The lowest BCUT2D eigenvalue weighted by molar-refractivity contribution is -0.125. The van der Waals surface area contributed by atoms with Gasteiger partial charge < -0.3 is 34.3 Å². The first-order valence-electron chi connectivity index (χ1n) is 8.56. The third-order valence-corrected chi connectivity index (χ3v) is 2.74. The molecule has 2 N–H and O–H groups in total. The Morgan fingerprint density at radius 2 is 1.12 bits per heavy atom. The van der Waals surface area contributed by atoms with Gasteiger partial charge in [0.1, 0.15) is 6.61 Å². The lowest BCUT2D eigenvalue weighted by Crippen LogP contribution is -2.30. The van der Waals surface area contributed by atoms with Gasteiger partial charge in [-0.15, -0.1) is 0 Å². The van der Waals surface area contributed by atoms with E-state index in [2.05, 4.69) is 10.6 Å². The van der Waals surface area contributed by atoms with E-state index in [-0.39, 0.29) is 18.4 Å². The molecule has 0 aromatic rings. The summed E-state index contributed by atoms with van der Waals surface area (Å²) in [4.78, 5) is 21.8. The van der Waals surface area contributed by atoms with Gasteiger partial charge in [-0.1, -0.05) is 0 Å². The Bertz CT molecular complexity index is 330. The van der Waals surface area contributed by atoms with E-state index >= 15 is 0 Å². The van der Waals surface area contributed by atoms with Gasteiger partial charge in [0.05, 0.1) is 52.9 Å². The van der Waals surface area contributed by atoms with Crippen LogP contribution in [-0.4, -0.2) is 91.0 Å². The number of hydrogen-bond donors (Lipinski definition) is 2. The van der Waals surface area contributed by atoms with E-state index in [1.807, 2.05) is 6.92 Å². The Balaban J connectivity index is 3.07. The van der Waals surface area contributed by atoms with E-state index in [4.69, 9.17) is 23.7 Å². The summed E-state index contributed by atoms with van der Waals surface area (Å²) >= 11 is 0. The molecule has 0 unspecified atom stereocenters. The number of rotatable bonds is 18. The van der Waals surface area contributed by atoms with Gasteiger partial charge in [-0.25, -0.2) is 0 Å². The van der Waals surface area contributed by atoms with Crippen LogP contribution in [0.5, 0.6) is 0 Å². The number of ether oxygens (including phenoxy) is 5. The maximum atomic E-state index is 11.2. The van der Waals surface area contributed by atoms with Crippen molar-refractivity contribution < 1.29 is 33.3 Å². The average Bonchev–Trinajstić information content (AvgIpc) is 2.59. The second-order valence-electron chi connectivity index (χ2n) is 4.92. The molecular formula is C16H32N2O7. The van der Waals surface area contributed by atoms with Crippen LogP contribution in [0.1, 0.15) is 13.8 Å². The van der Waals surface area contributed by atoms with Gasteiger partial charge in [0.15, 0.2) is 0 Å². The number of hydrogen-bond acceptors (Lipinski definition) is 7. The van der Waals surface area contributed by atoms with Crippen molar-refractivity contribution in [2.45, 2.75) is 13.8 Å². The summed E-state index contributed by atoms with van der Waals surface area (Å²) in [6.07, 6.45) is 0. The first-order valence-corrected chi connectivity index (χ1v) is 8.56. The second-order valence-corrected chi connectivity index (χ2v) is 4.92. The Hall–Kier alpha value is -1.26. The van der Waals surface area contributed by atoms with E-state index in [1.54, 1.807) is 0 Å². The zero-order valence-corrected chi connectivity index (χ0v) is 15.3. The third kappa shape index (κ3) is 20.7. The van der Waals surface area contributed by atoms with E-state index in [9.17, 15) is 9.59 Å². The highest BCUT2D eigenvalue weighted by Crippen LogP contribution is 1.83. The molecule has 0 bridgehead atoms. The SMILES string of the molecule is CCOCC(=O)NCCOCCOCCOCCOCCNC(C)=O. The molecule has 148 valence electrons. The Morgan fingerprint density at radius 3 is 1.56 bits per heavy atom. The predicted octanol–water partition coefficient (Wildman–Crippen LogP) is -0.658. The zero-order chi connectivity index (χ0) is 18.6. The maximum Gasteiger partial charge on any atom is 0.246 e. The van der Waals surface area contributed by atoms with Crippen molar-refractivity contribution >= 4 is 11.8 Å². The van der Waals surface area contributed by atoms with E-state index in [1.165, 1.54) is 6.92 Å². The van der Waals surface area contributed by atoms with Crippen LogP contribution in [0.2, 0.25) is 0 Å². The monoisotopic (exact) mass is 364 g/mol. The highest BCUT2D eigenvalue weighted by molar-refractivity contribution is 5.77. The molecule has 0 spiro atoms. The fraction of sp³-hybridized carbons (Fsp3) is 0.875. The Labute approximate surface area is 149 Å². The minimum absolute atomic E-state index is 0.0627. The highest BCUT2D eigenvalue weighted by atomic mass is 16.6. The molecule has 0 aliphatic carbocycles. The first kappa shape index (κ1) is 23.7. The van der Waals surface area contributed by atoms with Crippen LogP contribution in [0.3, 0.4) is 0 Å². The smallest absolute Gasteiger partial charge is 0.246 e. The van der Waals surface area contributed by atoms with Crippen molar-refractivity contribution in [2.75, 3.05) is 79.2 Å². The summed E-state index contributed by atoms with van der Waals surface area (Å²) in [5, 5.41) is 5.32. The largest absolute Gasteiger partial charge is 0.377 e. The van der Waals surface area contributed by atoms with Crippen LogP contribution >= 0.6 is 0 Å². The van der Waals surface area contributed by atoms with Crippen LogP contribution in [0, 0.1) is 0 Å². The van der Waals surface area contributed by atoms with Crippen LogP contribution in [-0.2, 0) is 33.3 Å². The van der Waals surface area contributed by atoms with Crippen molar-refractivity contribution in [2.24, 2.45) is 0 Å². The number of nitrogens with one attached hydrogen (secondary N) is 2. The van der Waals surface area contributed by atoms with Crippen molar-refractivity contribution in [1.82, 2.24) is 10.6 Å². The molecule has 0 atom stereocenters. The lowest BCUT2D eigenvalue weighted by atomic mass is 10.6. The van der Waals surface area contributed by atoms with Gasteiger partial charge in [0.2, 0.25) is 11.8 Å². The van der Waals surface area contributed by atoms with Gasteiger partial charge in [-0.2, -0.15) is 0 Å². The minimum Gasteiger partial charge on any atom is -0.377 e. The molecule has 0 aromatic heterocycles. The van der Waals surface area contributed by atoms with Gasteiger partial charge in [0.25, 0.3) is 0 Å². The quantitative estimate of drug-likeness (QED) is 0.311. The molecule has 0 rings (SSSR count). The lowest BCUT2D eigenvalue weighted by Gasteiger charge is -2.08. The van der Waals surface area contributed by atoms with Gasteiger partial charge in [0, 0.05) is 26.6 Å². The molecule has 0 saturated heterocycles. The van der Waals surface area contributed by atoms with Crippen molar-refractivity contribution in [3.05, 3.63) is 0 Å². The fourth-order valence-corrected chi connectivity index (χ4v) is 1.57. The molecule has 0 heterocycles. The summed E-state index contributed by atoms with van der Waals surface area (Å²) in [6.45, 7) is 8.68. The van der Waals surface area contributed by atoms with Crippen molar-refractivity contribution in [3.63, 3.8) is 0 Å². The van der Waals surface area contributed by atoms with Crippen LogP contribution in [0.25, 0.3) is 0 Å². The molecule has 0 fully saturated rings. The average molecular weight is 364 g/mol. The number of carbonyl (C=O) groups excluding carboxylic acids is 2. The van der Waals surface area contributed by atoms with Gasteiger partial charge in [-0.3, -0.25) is 9.59 Å². The van der Waals surface area contributed by atoms with E-state index in [0.717, 1.165) is 0 Å². The number of amides is 2. The van der Waals surface area contributed by atoms with Gasteiger partial charge >= 0.3 is 0 Å². The molecule has 0 radical (unpaired) electrons. The molecule has 0 aliphatic heterocycles. The second kappa shape index (κ2) is 19.1. The summed E-state index contributed by atoms with van der Waals surface area (Å²) in [5.41, 5.74) is 0. The molecule has 9 nitrogen and oxygen atoms in total. The van der Waals surface area contributed by atoms with Crippen LogP contribution < -0.4 is 10.6 Å². The normalized spacial score (nSPS) is 10.6. The highest BCUT2D eigenvalue weighted by Gasteiger charge is 1.99. The standard InChI is InChI=1S/C16H32N2O7/c1-3-21-14-16(20)18-5-7-23-9-11-25-13-12-24-10-8-22-6-4-17-15(2)19/h3-14H2,1-2H3,(H,17,19)(H,18,20). The van der Waals surface area contributed by atoms with Crippen LogP contribution in [0.4, 0.5) is 0 Å². The molecule has 2 amide bonds. The van der Waals surface area contributed by atoms with E-state index < -0.39 is 0 Å². The predicted molar refractivity (Wildman–Crippen MR) is 91.5 cm³/mol. The summed E-state index contributed by atoms with van der Waals surface area (Å²) in [6, 6.07) is 0. The molecule has 25 heavy (non-hydrogen) atoms. The summed E-state index contributed by atoms with van der Waals surface area (Å²) in [5.74, 6) is -0.203. The fourth-order valence-electron chi connectivity index (χ4n) is 1.57. The van der Waals surface area contributed by atoms with Crippen molar-refractivity contribution in [3.8, 4) is 0 Å². The molecule has 0 saturated carbocycles. The Morgan fingerprint density at radius 1 is 0.680 bits per heavy atom. The summed E-state index contributed by atoms with van der Waals surface area (Å²) < 4.78 is 26.2. The van der Waals surface area contributed by atoms with Crippen LogP contribution in [0.15, 0.2) is 0 Å². The molecule has 9 heteroatoms. The Kier molecular flexibility index (Phi) is 18.1. The third-order valence-electron chi connectivity index (χ3n) is 2.74. The topological polar surface area (TPSA) is 104 Å². The minimum atomic E-state index is -0.141. The molecular weight excluding hydrogens is 332 g/mol. The number of carbonyl (C=O) groups is 2. The maximum absolute atomic E-state index is 11.2.